The molecule has 0 bridgehead atoms. The molecule has 0 spiro atoms. The third-order valence-electron chi connectivity index (χ3n) is 4.81. The van der Waals surface area contributed by atoms with E-state index in [-0.39, 0.29) is 24.1 Å². The van der Waals surface area contributed by atoms with Gasteiger partial charge in [0.15, 0.2) is 0 Å². The SMILES string of the molecule is CCCc1cccc2c1C(C)(C)C(=O)N2C1CCC(=O)NC1=O. The van der Waals surface area contributed by atoms with Crippen LogP contribution in [0.15, 0.2) is 18.2 Å². The van der Waals surface area contributed by atoms with Gasteiger partial charge in [-0.2, -0.15) is 0 Å². The zero-order chi connectivity index (χ0) is 16.8. The average Bonchev–Trinajstić information content (AvgIpc) is 2.69. The number of nitrogens with zero attached hydrogens (tertiary/aromatic N) is 1. The van der Waals surface area contributed by atoms with Crippen molar-refractivity contribution in [3.63, 3.8) is 0 Å². The molecule has 1 N–H and O–H groups in total. The highest BCUT2D eigenvalue weighted by molar-refractivity contribution is 6.13. The summed E-state index contributed by atoms with van der Waals surface area (Å²) in [5, 5.41) is 2.35. The van der Waals surface area contributed by atoms with Gasteiger partial charge in [-0.1, -0.05) is 25.5 Å². The third-order valence-corrected chi connectivity index (χ3v) is 4.81. The van der Waals surface area contributed by atoms with Gasteiger partial charge in [0.2, 0.25) is 17.7 Å². The van der Waals surface area contributed by atoms with E-state index < -0.39 is 11.5 Å². The molecular formula is C18H22N2O3. The molecule has 0 aliphatic carbocycles. The number of hydrogen-bond acceptors (Lipinski definition) is 3. The van der Waals surface area contributed by atoms with E-state index >= 15 is 0 Å². The first-order valence-electron chi connectivity index (χ1n) is 8.17. The minimum absolute atomic E-state index is 0.0643. The molecule has 0 saturated carbocycles. The lowest BCUT2D eigenvalue weighted by atomic mass is 9.82. The van der Waals surface area contributed by atoms with Gasteiger partial charge in [0, 0.05) is 12.1 Å². The second-order valence-corrected chi connectivity index (χ2v) is 6.83. The molecule has 1 aromatic rings. The predicted molar refractivity (Wildman–Crippen MR) is 87.1 cm³/mol. The first-order valence-corrected chi connectivity index (χ1v) is 8.17. The van der Waals surface area contributed by atoms with Gasteiger partial charge >= 0.3 is 0 Å². The number of carbonyl (C=O) groups is 3. The van der Waals surface area contributed by atoms with E-state index in [2.05, 4.69) is 18.3 Å². The summed E-state index contributed by atoms with van der Waals surface area (Å²) in [7, 11) is 0. The number of imide groups is 1. The number of hydrogen-bond donors (Lipinski definition) is 1. The molecule has 1 aromatic carbocycles. The molecule has 3 amide bonds. The standard InChI is InChI=1S/C18H22N2O3/c1-4-6-11-7-5-8-12-15(11)18(2,3)17(23)20(12)13-9-10-14(21)19-16(13)22/h5,7-8,13H,4,6,9-10H2,1-3H3,(H,19,21,22). The van der Waals surface area contributed by atoms with E-state index in [4.69, 9.17) is 0 Å². The largest absolute Gasteiger partial charge is 0.299 e. The summed E-state index contributed by atoms with van der Waals surface area (Å²) >= 11 is 0. The highest BCUT2D eigenvalue weighted by Gasteiger charge is 2.49. The summed E-state index contributed by atoms with van der Waals surface area (Å²) < 4.78 is 0. The molecular weight excluding hydrogens is 292 g/mol. The number of rotatable bonds is 3. The Kier molecular flexibility index (Phi) is 3.74. The topological polar surface area (TPSA) is 66.5 Å². The Balaban J connectivity index is 2.08. The lowest BCUT2D eigenvalue weighted by Gasteiger charge is -2.31. The Labute approximate surface area is 136 Å². The number of amides is 3. The highest BCUT2D eigenvalue weighted by Crippen LogP contribution is 2.45. The van der Waals surface area contributed by atoms with E-state index in [1.54, 1.807) is 4.90 Å². The summed E-state index contributed by atoms with van der Waals surface area (Å²) in [5.41, 5.74) is 2.36. The molecule has 1 unspecified atom stereocenters. The first kappa shape index (κ1) is 15.7. The molecule has 5 nitrogen and oxygen atoms in total. The van der Waals surface area contributed by atoms with E-state index in [9.17, 15) is 14.4 Å². The molecule has 3 rings (SSSR count). The molecule has 0 aromatic heterocycles. The van der Waals surface area contributed by atoms with Crippen molar-refractivity contribution in [3.8, 4) is 0 Å². The summed E-state index contributed by atoms with van der Waals surface area (Å²) in [6.07, 6.45) is 2.55. The van der Waals surface area contributed by atoms with Crippen LogP contribution in [0.2, 0.25) is 0 Å². The third kappa shape index (κ3) is 2.35. The molecule has 2 aliphatic heterocycles. The van der Waals surface area contributed by atoms with Gasteiger partial charge in [-0.3, -0.25) is 24.6 Å². The number of benzene rings is 1. The van der Waals surface area contributed by atoms with E-state index in [1.165, 1.54) is 0 Å². The Morgan fingerprint density at radius 2 is 2.00 bits per heavy atom. The van der Waals surface area contributed by atoms with Crippen molar-refractivity contribution >= 4 is 23.4 Å². The van der Waals surface area contributed by atoms with Crippen LogP contribution in [0.1, 0.15) is 51.2 Å². The normalized spacial score (nSPS) is 23.0. The van der Waals surface area contributed by atoms with Crippen molar-refractivity contribution in [1.82, 2.24) is 5.32 Å². The molecule has 1 atom stereocenters. The van der Waals surface area contributed by atoms with Crippen LogP contribution in [0.5, 0.6) is 0 Å². The fraction of sp³-hybridized carbons (Fsp3) is 0.500. The van der Waals surface area contributed by atoms with Gasteiger partial charge in [0.1, 0.15) is 6.04 Å². The number of anilines is 1. The fourth-order valence-electron chi connectivity index (χ4n) is 3.74. The van der Waals surface area contributed by atoms with E-state index in [1.807, 2.05) is 26.0 Å². The summed E-state index contributed by atoms with van der Waals surface area (Å²) in [6.45, 7) is 5.94. The van der Waals surface area contributed by atoms with Crippen molar-refractivity contribution in [3.05, 3.63) is 29.3 Å². The van der Waals surface area contributed by atoms with E-state index in [0.717, 1.165) is 29.7 Å². The van der Waals surface area contributed by atoms with Gasteiger partial charge in [0.25, 0.3) is 0 Å². The van der Waals surface area contributed by atoms with Crippen LogP contribution < -0.4 is 10.2 Å². The molecule has 23 heavy (non-hydrogen) atoms. The second-order valence-electron chi connectivity index (χ2n) is 6.83. The summed E-state index contributed by atoms with van der Waals surface area (Å²) in [6, 6.07) is 5.31. The maximum atomic E-state index is 13.0. The second kappa shape index (κ2) is 5.48. The molecule has 0 radical (unpaired) electrons. The van der Waals surface area contributed by atoms with Crippen molar-refractivity contribution in [2.75, 3.05) is 4.90 Å². The van der Waals surface area contributed by atoms with E-state index in [0.29, 0.717) is 6.42 Å². The minimum atomic E-state index is -0.650. The Morgan fingerprint density at radius 3 is 2.65 bits per heavy atom. The maximum Gasteiger partial charge on any atom is 0.249 e. The smallest absolute Gasteiger partial charge is 0.249 e. The molecule has 1 fully saturated rings. The van der Waals surface area contributed by atoms with Crippen LogP contribution >= 0.6 is 0 Å². The Bertz CT molecular complexity index is 694. The van der Waals surface area contributed by atoms with Gasteiger partial charge in [-0.25, -0.2) is 0 Å². The number of piperidine rings is 1. The number of nitrogens with one attached hydrogen (secondary N) is 1. The summed E-state index contributed by atoms with van der Waals surface area (Å²) in [4.78, 5) is 38.3. The number of carbonyl (C=O) groups excluding carboxylic acids is 3. The van der Waals surface area contributed by atoms with Crippen LogP contribution in [-0.4, -0.2) is 23.8 Å². The molecule has 2 heterocycles. The highest BCUT2D eigenvalue weighted by atomic mass is 16.2. The van der Waals surface area contributed by atoms with Gasteiger partial charge in [0.05, 0.1) is 5.41 Å². The number of aryl methyl sites for hydroxylation is 1. The van der Waals surface area contributed by atoms with Crippen LogP contribution in [0, 0.1) is 0 Å². The Hall–Kier alpha value is -2.17. The maximum absolute atomic E-state index is 13.0. The quantitative estimate of drug-likeness (QED) is 0.869. The molecule has 5 heteroatoms. The first-order chi connectivity index (χ1) is 10.9. The van der Waals surface area contributed by atoms with Crippen LogP contribution in [0.4, 0.5) is 5.69 Å². The fourth-order valence-corrected chi connectivity index (χ4v) is 3.74. The average molecular weight is 314 g/mol. The Morgan fingerprint density at radius 1 is 1.26 bits per heavy atom. The summed E-state index contributed by atoms with van der Waals surface area (Å²) in [5.74, 6) is -0.707. The van der Waals surface area contributed by atoms with Crippen molar-refractivity contribution in [1.29, 1.82) is 0 Å². The zero-order valence-electron chi connectivity index (χ0n) is 13.8. The minimum Gasteiger partial charge on any atom is -0.299 e. The van der Waals surface area contributed by atoms with Crippen molar-refractivity contribution in [2.24, 2.45) is 0 Å². The zero-order valence-corrected chi connectivity index (χ0v) is 13.8. The van der Waals surface area contributed by atoms with Crippen LogP contribution in [0.25, 0.3) is 0 Å². The molecule has 122 valence electrons. The van der Waals surface area contributed by atoms with Crippen LogP contribution in [-0.2, 0) is 26.2 Å². The predicted octanol–water partition coefficient (Wildman–Crippen LogP) is 2.07. The monoisotopic (exact) mass is 314 g/mol. The molecule has 1 saturated heterocycles. The van der Waals surface area contributed by atoms with Gasteiger partial charge in [-0.15, -0.1) is 0 Å². The van der Waals surface area contributed by atoms with Gasteiger partial charge in [-0.05, 0) is 43.9 Å². The lowest BCUT2D eigenvalue weighted by Crippen LogP contribution is -2.55. The van der Waals surface area contributed by atoms with Gasteiger partial charge < -0.3 is 0 Å². The van der Waals surface area contributed by atoms with Crippen LogP contribution in [0.3, 0.4) is 0 Å². The number of fused-ring (bicyclic) bond motifs is 1. The van der Waals surface area contributed by atoms with Crippen molar-refractivity contribution < 1.29 is 14.4 Å². The van der Waals surface area contributed by atoms with Crippen molar-refractivity contribution in [2.45, 2.75) is 57.9 Å². The molecule has 2 aliphatic rings. The lowest BCUT2D eigenvalue weighted by molar-refractivity contribution is -0.136.